The first kappa shape index (κ1) is 17.1. The van der Waals surface area contributed by atoms with Crippen molar-refractivity contribution in [3.05, 3.63) is 42.5 Å². The van der Waals surface area contributed by atoms with Crippen molar-refractivity contribution in [2.75, 3.05) is 18.4 Å². The Morgan fingerprint density at radius 2 is 2.04 bits per heavy atom. The molecule has 124 valence electrons. The minimum absolute atomic E-state index is 0.00292. The summed E-state index contributed by atoms with van der Waals surface area (Å²) in [5.74, 6) is -0.894. The van der Waals surface area contributed by atoms with Crippen LogP contribution in [-0.4, -0.2) is 36.0 Å². The minimum Gasteiger partial charge on any atom is -0.326 e. The number of rotatable bonds is 6. The molecule has 0 saturated heterocycles. The third kappa shape index (κ3) is 5.12. The van der Waals surface area contributed by atoms with Crippen LogP contribution in [0, 0.1) is 5.92 Å². The number of nitrogens with one attached hydrogen (secondary N) is 1. The van der Waals surface area contributed by atoms with Crippen molar-refractivity contribution in [1.82, 2.24) is 4.90 Å². The molecule has 0 bridgehead atoms. The zero-order chi connectivity index (χ0) is 17.0. The van der Waals surface area contributed by atoms with Crippen molar-refractivity contribution in [2.24, 2.45) is 5.92 Å². The summed E-state index contributed by atoms with van der Waals surface area (Å²) in [6, 6.07) is 5.92. The van der Waals surface area contributed by atoms with E-state index in [2.05, 4.69) is 11.9 Å². The molecule has 1 aliphatic rings. The molecule has 4 nitrogen and oxygen atoms in total. The first-order valence-corrected chi connectivity index (χ1v) is 7.18. The highest BCUT2D eigenvalue weighted by Crippen LogP contribution is 2.30. The standard InChI is InChI=1S/C16H17F3N2O2/c1-2-8-21(10-16(17,18)19)15(23)12-4-3-5-13(9-12)20-14(22)11-6-7-11/h2-5,9,11H,1,6-8,10H2,(H,20,22). The second-order valence-corrected chi connectivity index (χ2v) is 5.43. The molecule has 0 spiro atoms. The van der Waals surface area contributed by atoms with Gasteiger partial charge < -0.3 is 10.2 Å². The van der Waals surface area contributed by atoms with Crippen LogP contribution in [0.15, 0.2) is 36.9 Å². The molecule has 1 fully saturated rings. The van der Waals surface area contributed by atoms with Crippen LogP contribution in [0.25, 0.3) is 0 Å². The summed E-state index contributed by atoms with van der Waals surface area (Å²) in [6.07, 6.45) is -1.58. The van der Waals surface area contributed by atoms with E-state index in [0.29, 0.717) is 10.6 Å². The molecule has 0 heterocycles. The van der Waals surface area contributed by atoms with Gasteiger partial charge in [-0.05, 0) is 31.0 Å². The second kappa shape index (κ2) is 6.85. The molecule has 1 aliphatic carbocycles. The molecule has 2 amide bonds. The van der Waals surface area contributed by atoms with Gasteiger partial charge in [0.15, 0.2) is 0 Å². The number of amides is 2. The van der Waals surface area contributed by atoms with Gasteiger partial charge in [-0.3, -0.25) is 9.59 Å². The Balaban J connectivity index is 2.12. The van der Waals surface area contributed by atoms with Crippen LogP contribution < -0.4 is 5.32 Å². The van der Waals surface area contributed by atoms with E-state index in [1.165, 1.54) is 24.3 Å². The van der Waals surface area contributed by atoms with E-state index >= 15 is 0 Å². The van der Waals surface area contributed by atoms with Gasteiger partial charge in [0, 0.05) is 23.7 Å². The first-order chi connectivity index (χ1) is 10.8. The number of carbonyl (C=O) groups excluding carboxylic acids is 2. The highest BCUT2D eigenvalue weighted by atomic mass is 19.4. The van der Waals surface area contributed by atoms with Gasteiger partial charge in [-0.1, -0.05) is 12.1 Å². The molecule has 1 N–H and O–H groups in total. The molecular formula is C16H17F3N2O2. The quantitative estimate of drug-likeness (QED) is 0.816. The Bertz CT molecular complexity index is 610. The van der Waals surface area contributed by atoms with E-state index in [0.717, 1.165) is 12.8 Å². The van der Waals surface area contributed by atoms with E-state index in [1.807, 2.05) is 0 Å². The molecule has 2 rings (SSSR count). The minimum atomic E-state index is -4.49. The lowest BCUT2D eigenvalue weighted by molar-refractivity contribution is -0.139. The maximum Gasteiger partial charge on any atom is 0.406 e. The summed E-state index contributed by atoms with van der Waals surface area (Å²) in [4.78, 5) is 24.6. The van der Waals surface area contributed by atoms with E-state index in [1.54, 1.807) is 6.07 Å². The molecule has 1 aromatic rings. The number of hydrogen-bond donors (Lipinski definition) is 1. The molecule has 7 heteroatoms. The van der Waals surface area contributed by atoms with Crippen LogP contribution in [0.5, 0.6) is 0 Å². The third-order valence-electron chi connectivity index (χ3n) is 3.33. The Morgan fingerprint density at radius 1 is 1.35 bits per heavy atom. The monoisotopic (exact) mass is 326 g/mol. The summed E-state index contributed by atoms with van der Waals surface area (Å²) in [5, 5.41) is 2.67. The molecule has 23 heavy (non-hydrogen) atoms. The lowest BCUT2D eigenvalue weighted by Crippen LogP contribution is -2.39. The van der Waals surface area contributed by atoms with Crippen molar-refractivity contribution >= 4 is 17.5 Å². The van der Waals surface area contributed by atoms with Gasteiger partial charge >= 0.3 is 6.18 Å². The molecule has 0 aliphatic heterocycles. The smallest absolute Gasteiger partial charge is 0.326 e. The topological polar surface area (TPSA) is 49.4 Å². The average molecular weight is 326 g/mol. The number of benzene rings is 1. The Hall–Kier alpha value is -2.31. The van der Waals surface area contributed by atoms with E-state index in [-0.39, 0.29) is 23.9 Å². The zero-order valence-electron chi connectivity index (χ0n) is 12.4. The van der Waals surface area contributed by atoms with E-state index in [9.17, 15) is 22.8 Å². The predicted octanol–water partition coefficient (Wildman–Crippen LogP) is 3.23. The van der Waals surface area contributed by atoms with Crippen molar-refractivity contribution in [3.63, 3.8) is 0 Å². The van der Waals surface area contributed by atoms with Crippen molar-refractivity contribution in [2.45, 2.75) is 19.0 Å². The fourth-order valence-electron chi connectivity index (χ4n) is 2.09. The van der Waals surface area contributed by atoms with E-state index < -0.39 is 18.6 Å². The second-order valence-electron chi connectivity index (χ2n) is 5.43. The highest BCUT2D eigenvalue weighted by molar-refractivity contribution is 5.98. The van der Waals surface area contributed by atoms with Crippen LogP contribution in [0.1, 0.15) is 23.2 Å². The fraction of sp³-hybridized carbons (Fsp3) is 0.375. The predicted molar refractivity (Wildman–Crippen MR) is 80.0 cm³/mol. The van der Waals surface area contributed by atoms with Crippen molar-refractivity contribution < 1.29 is 22.8 Å². The first-order valence-electron chi connectivity index (χ1n) is 7.18. The summed E-state index contributed by atoms with van der Waals surface area (Å²) >= 11 is 0. The normalized spacial score (nSPS) is 14.2. The largest absolute Gasteiger partial charge is 0.406 e. The number of carbonyl (C=O) groups is 2. The molecule has 0 unspecified atom stereocenters. The lowest BCUT2D eigenvalue weighted by Gasteiger charge is -2.22. The number of halogens is 3. The SMILES string of the molecule is C=CCN(CC(F)(F)F)C(=O)c1cccc(NC(=O)C2CC2)c1. The van der Waals surface area contributed by atoms with Gasteiger partial charge in [-0.2, -0.15) is 13.2 Å². The molecule has 1 aromatic carbocycles. The Labute approximate surface area is 132 Å². The van der Waals surface area contributed by atoms with Crippen molar-refractivity contribution in [3.8, 4) is 0 Å². The van der Waals surface area contributed by atoms with Gasteiger partial charge in [-0.15, -0.1) is 6.58 Å². The number of anilines is 1. The molecule has 1 saturated carbocycles. The van der Waals surface area contributed by atoms with Crippen LogP contribution in [-0.2, 0) is 4.79 Å². The fourth-order valence-corrected chi connectivity index (χ4v) is 2.09. The summed E-state index contributed by atoms with van der Waals surface area (Å²) in [5.41, 5.74) is 0.489. The van der Waals surface area contributed by atoms with Crippen LogP contribution in [0.2, 0.25) is 0 Å². The third-order valence-corrected chi connectivity index (χ3v) is 3.33. The van der Waals surface area contributed by atoms with Gasteiger partial charge in [0.05, 0.1) is 0 Å². The molecule has 0 radical (unpaired) electrons. The highest BCUT2D eigenvalue weighted by Gasteiger charge is 2.33. The van der Waals surface area contributed by atoms with E-state index in [4.69, 9.17) is 0 Å². The number of hydrogen-bond acceptors (Lipinski definition) is 2. The number of nitrogens with zero attached hydrogens (tertiary/aromatic N) is 1. The summed E-state index contributed by atoms with van der Waals surface area (Å²) in [7, 11) is 0. The average Bonchev–Trinajstić information content (AvgIpc) is 3.29. The van der Waals surface area contributed by atoms with Gasteiger partial charge in [0.1, 0.15) is 6.54 Å². The van der Waals surface area contributed by atoms with Gasteiger partial charge in [0.2, 0.25) is 5.91 Å². The maximum absolute atomic E-state index is 12.6. The molecule has 0 aromatic heterocycles. The van der Waals surface area contributed by atoms with Gasteiger partial charge in [0.25, 0.3) is 5.91 Å². The summed E-state index contributed by atoms with van der Waals surface area (Å²) < 4.78 is 37.7. The number of alkyl halides is 3. The van der Waals surface area contributed by atoms with Crippen LogP contribution >= 0.6 is 0 Å². The van der Waals surface area contributed by atoms with Crippen LogP contribution in [0.3, 0.4) is 0 Å². The van der Waals surface area contributed by atoms with Crippen molar-refractivity contribution in [1.29, 1.82) is 0 Å². The Kier molecular flexibility index (Phi) is 5.08. The molecular weight excluding hydrogens is 309 g/mol. The maximum atomic E-state index is 12.6. The van der Waals surface area contributed by atoms with Crippen LogP contribution in [0.4, 0.5) is 18.9 Å². The Morgan fingerprint density at radius 3 is 2.61 bits per heavy atom. The lowest BCUT2D eigenvalue weighted by atomic mass is 10.1. The summed E-state index contributed by atoms with van der Waals surface area (Å²) in [6.45, 7) is 1.81. The zero-order valence-corrected chi connectivity index (χ0v) is 12.4. The van der Waals surface area contributed by atoms with Gasteiger partial charge in [-0.25, -0.2) is 0 Å². The molecule has 0 atom stereocenters.